The van der Waals surface area contributed by atoms with Gasteiger partial charge in [0.2, 0.25) is 5.95 Å². The van der Waals surface area contributed by atoms with Crippen molar-refractivity contribution in [2.45, 2.75) is 38.0 Å². The van der Waals surface area contributed by atoms with E-state index >= 15 is 0 Å². The van der Waals surface area contributed by atoms with Crippen molar-refractivity contribution < 1.29 is 17.9 Å². The topological polar surface area (TPSA) is 110 Å². The maximum absolute atomic E-state index is 12.5. The summed E-state index contributed by atoms with van der Waals surface area (Å²) < 4.78 is 33.0. The molecular formula is C23H26N4O4S. The Hall–Kier alpha value is -3.46. The molecular weight excluding hydrogens is 428 g/mol. The average molecular weight is 455 g/mol. The van der Waals surface area contributed by atoms with Gasteiger partial charge in [-0.3, -0.25) is 4.79 Å². The summed E-state index contributed by atoms with van der Waals surface area (Å²) in [6.07, 6.45) is 4.73. The number of sulfonamides is 1. The Morgan fingerprint density at radius 3 is 2.38 bits per heavy atom. The van der Waals surface area contributed by atoms with E-state index in [1.165, 1.54) is 30.5 Å². The molecule has 168 valence electrons. The van der Waals surface area contributed by atoms with Gasteiger partial charge in [-0.25, -0.2) is 23.1 Å². The number of amides is 1. The van der Waals surface area contributed by atoms with Gasteiger partial charge in [0.15, 0.2) is 0 Å². The van der Waals surface area contributed by atoms with Crippen LogP contribution in [0.5, 0.6) is 5.75 Å². The number of rotatable bonds is 10. The summed E-state index contributed by atoms with van der Waals surface area (Å²) in [5.74, 6) is 0.418. The minimum atomic E-state index is -3.85. The van der Waals surface area contributed by atoms with Gasteiger partial charge in [0, 0.05) is 23.1 Å². The Labute approximate surface area is 188 Å². The van der Waals surface area contributed by atoms with Crippen molar-refractivity contribution in [1.29, 1.82) is 0 Å². The van der Waals surface area contributed by atoms with Crippen molar-refractivity contribution in [2.24, 2.45) is 0 Å². The molecule has 0 saturated heterocycles. The molecule has 0 aliphatic rings. The first-order valence-electron chi connectivity index (χ1n) is 10.3. The molecule has 0 aliphatic carbocycles. The van der Waals surface area contributed by atoms with Crippen LogP contribution in [0.25, 0.3) is 0 Å². The Morgan fingerprint density at radius 2 is 1.72 bits per heavy atom. The molecule has 0 spiro atoms. The van der Waals surface area contributed by atoms with Crippen LogP contribution in [-0.2, 0) is 10.0 Å². The van der Waals surface area contributed by atoms with E-state index in [0.717, 1.165) is 25.0 Å². The quantitative estimate of drug-likeness (QED) is 0.439. The first-order chi connectivity index (χ1) is 15.4. The molecule has 3 rings (SSSR count). The van der Waals surface area contributed by atoms with Crippen LogP contribution in [0.1, 0.15) is 42.2 Å². The number of anilines is 2. The number of nitrogens with one attached hydrogen (secondary N) is 2. The zero-order valence-electron chi connectivity index (χ0n) is 18.0. The van der Waals surface area contributed by atoms with Crippen molar-refractivity contribution in [3.8, 4) is 5.75 Å². The maximum Gasteiger partial charge on any atom is 0.264 e. The normalized spacial score (nSPS) is 11.1. The monoisotopic (exact) mass is 454 g/mol. The second-order valence-corrected chi connectivity index (χ2v) is 8.87. The van der Waals surface area contributed by atoms with E-state index in [0.29, 0.717) is 23.6 Å². The summed E-state index contributed by atoms with van der Waals surface area (Å²) in [5.41, 5.74) is 1.59. The van der Waals surface area contributed by atoms with Crippen LogP contribution in [0.15, 0.2) is 65.7 Å². The molecule has 9 heteroatoms. The van der Waals surface area contributed by atoms with Gasteiger partial charge in [-0.1, -0.05) is 19.8 Å². The lowest BCUT2D eigenvalue weighted by molar-refractivity contribution is 0.102. The van der Waals surface area contributed by atoms with Crippen molar-refractivity contribution >= 4 is 27.6 Å². The fourth-order valence-electron chi connectivity index (χ4n) is 2.84. The van der Waals surface area contributed by atoms with E-state index in [1.807, 2.05) is 0 Å². The number of aryl methyl sites for hydroxylation is 1. The highest BCUT2D eigenvalue weighted by Crippen LogP contribution is 2.18. The summed E-state index contributed by atoms with van der Waals surface area (Å²) >= 11 is 0. The molecule has 0 unspecified atom stereocenters. The summed E-state index contributed by atoms with van der Waals surface area (Å²) in [7, 11) is -3.85. The molecule has 0 bridgehead atoms. The lowest BCUT2D eigenvalue weighted by Crippen LogP contribution is -2.16. The minimum absolute atomic E-state index is 0.000157. The van der Waals surface area contributed by atoms with Crippen LogP contribution < -0.4 is 14.8 Å². The van der Waals surface area contributed by atoms with Crippen LogP contribution in [0.4, 0.5) is 11.6 Å². The molecule has 1 aromatic heterocycles. The number of benzene rings is 2. The highest BCUT2D eigenvalue weighted by molar-refractivity contribution is 7.92. The Bertz CT molecular complexity index is 1150. The van der Waals surface area contributed by atoms with Crippen LogP contribution in [-0.4, -0.2) is 30.9 Å². The summed E-state index contributed by atoms with van der Waals surface area (Å²) in [6, 6.07) is 14.4. The van der Waals surface area contributed by atoms with E-state index in [1.54, 1.807) is 37.3 Å². The largest absolute Gasteiger partial charge is 0.494 e. The number of carbonyl (C=O) groups is 1. The summed E-state index contributed by atoms with van der Waals surface area (Å²) in [5, 5.41) is 2.75. The highest BCUT2D eigenvalue weighted by Gasteiger charge is 2.16. The molecule has 2 N–H and O–H groups in total. The Kier molecular flexibility index (Phi) is 7.77. The molecule has 0 atom stereocenters. The third-order valence-corrected chi connectivity index (χ3v) is 5.92. The molecule has 3 aromatic rings. The standard InChI is InChI=1S/C23H26N4O4S/c1-3-4-5-16-31-20-10-6-18(7-11-20)22(28)26-19-8-12-21(13-9-19)32(29,30)27-23-24-15-14-17(2)25-23/h6-15H,3-5,16H2,1-2H3,(H,26,28)(H,24,25,27). The fourth-order valence-corrected chi connectivity index (χ4v) is 3.79. The summed E-state index contributed by atoms with van der Waals surface area (Å²) in [6.45, 7) is 4.53. The van der Waals surface area contributed by atoms with Crippen molar-refractivity contribution in [3.05, 3.63) is 72.1 Å². The molecule has 0 radical (unpaired) electrons. The van der Waals surface area contributed by atoms with Gasteiger partial charge >= 0.3 is 0 Å². The van der Waals surface area contributed by atoms with E-state index in [-0.39, 0.29) is 16.8 Å². The Morgan fingerprint density at radius 1 is 1.00 bits per heavy atom. The second-order valence-electron chi connectivity index (χ2n) is 7.19. The van der Waals surface area contributed by atoms with E-state index in [9.17, 15) is 13.2 Å². The van der Waals surface area contributed by atoms with Crippen molar-refractivity contribution in [1.82, 2.24) is 9.97 Å². The van der Waals surface area contributed by atoms with Crippen molar-refractivity contribution in [3.63, 3.8) is 0 Å². The van der Waals surface area contributed by atoms with Gasteiger partial charge < -0.3 is 10.1 Å². The minimum Gasteiger partial charge on any atom is -0.494 e. The average Bonchev–Trinajstić information content (AvgIpc) is 2.77. The van der Waals surface area contributed by atoms with Gasteiger partial charge in [-0.2, -0.15) is 0 Å². The number of unbranched alkanes of at least 4 members (excludes halogenated alkanes) is 2. The van der Waals surface area contributed by atoms with Crippen molar-refractivity contribution in [2.75, 3.05) is 16.6 Å². The third kappa shape index (κ3) is 6.52. The zero-order chi connectivity index (χ0) is 23.0. The highest BCUT2D eigenvalue weighted by atomic mass is 32.2. The lowest BCUT2D eigenvalue weighted by Gasteiger charge is -2.09. The van der Waals surface area contributed by atoms with E-state index in [4.69, 9.17) is 4.74 Å². The van der Waals surface area contributed by atoms with E-state index in [2.05, 4.69) is 26.9 Å². The maximum atomic E-state index is 12.5. The zero-order valence-corrected chi connectivity index (χ0v) is 18.9. The molecule has 0 saturated carbocycles. The van der Waals surface area contributed by atoms with Gasteiger partial charge in [0.1, 0.15) is 5.75 Å². The van der Waals surface area contributed by atoms with Gasteiger partial charge in [0.05, 0.1) is 11.5 Å². The molecule has 1 heterocycles. The molecule has 0 fully saturated rings. The molecule has 32 heavy (non-hydrogen) atoms. The summed E-state index contributed by atoms with van der Waals surface area (Å²) in [4.78, 5) is 20.5. The number of hydrogen-bond donors (Lipinski definition) is 2. The van der Waals surface area contributed by atoms with Crippen LogP contribution in [0, 0.1) is 6.92 Å². The van der Waals surface area contributed by atoms with Crippen LogP contribution in [0.3, 0.4) is 0 Å². The predicted octanol–water partition coefficient (Wildman–Crippen LogP) is 4.41. The lowest BCUT2D eigenvalue weighted by atomic mass is 10.2. The Balaban J connectivity index is 1.59. The van der Waals surface area contributed by atoms with Crippen LogP contribution in [0.2, 0.25) is 0 Å². The first kappa shape index (κ1) is 23.2. The molecule has 0 aliphatic heterocycles. The third-order valence-electron chi connectivity index (χ3n) is 4.58. The van der Waals surface area contributed by atoms with Gasteiger partial charge in [-0.05, 0) is 67.9 Å². The number of carbonyl (C=O) groups excluding carboxylic acids is 1. The van der Waals surface area contributed by atoms with E-state index < -0.39 is 10.0 Å². The predicted molar refractivity (Wildman–Crippen MR) is 123 cm³/mol. The second kappa shape index (κ2) is 10.7. The van der Waals surface area contributed by atoms with Gasteiger partial charge in [-0.15, -0.1) is 0 Å². The number of aromatic nitrogens is 2. The van der Waals surface area contributed by atoms with Crippen LogP contribution >= 0.6 is 0 Å². The van der Waals surface area contributed by atoms with Gasteiger partial charge in [0.25, 0.3) is 15.9 Å². The fraction of sp³-hybridized carbons (Fsp3) is 0.261. The smallest absolute Gasteiger partial charge is 0.264 e. The number of hydrogen-bond acceptors (Lipinski definition) is 6. The number of nitrogens with zero attached hydrogens (tertiary/aromatic N) is 2. The first-order valence-corrected chi connectivity index (χ1v) is 11.8. The number of ether oxygens (including phenoxy) is 1. The molecule has 1 amide bonds. The SMILES string of the molecule is CCCCCOc1ccc(C(=O)Nc2ccc(S(=O)(=O)Nc3nccc(C)n3)cc2)cc1. The molecule has 8 nitrogen and oxygen atoms in total. The molecule has 2 aromatic carbocycles.